The molecule has 45 heavy (non-hydrogen) atoms. The Morgan fingerprint density at radius 1 is 0.578 bits per heavy atom. The largest absolute Gasteiger partial charge is 0.308 e. The fourth-order valence-corrected chi connectivity index (χ4v) is 6.63. The minimum absolute atomic E-state index is 0.342. The topological polar surface area (TPSA) is 66.1 Å². The summed E-state index contributed by atoms with van der Waals surface area (Å²) in [6, 6.07) is 45.3. The van der Waals surface area contributed by atoms with Crippen molar-refractivity contribution in [3.63, 3.8) is 0 Å². The van der Waals surface area contributed by atoms with Crippen LogP contribution < -0.4 is 4.90 Å². The third-order valence-corrected chi connectivity index (χ3v) is 8.73. The van der Waals surface area contributed by atoms with Crippen molar-refractivity contribution in [3.05, 3.63) is 156 Å². The number of rotatable bonds is 4. The number of hydrogen-bond donors (Lipinski definition) is 0. The van der Waals surface area contributed by atoms with E-state index < -0.39 is 0 Å². The molecule has 0 fully saturated rings. The zero-order chi connectivity index (χ0) is 30.7. The summed E-state index contributed by atoms with van der Waals surface area (Å²) in [4.78, 5) is 29.8. The molecule has 0 saturated carbocycles. The second kappa shape index (κ2) is 10.2. The van der Waals surface area contributed by atoms with E-state index in [1.807, 2.05) is 122 Å². The van der Waals surface area contributed by atoms with Gasteiger partial charge in [-0.15, -0.1) is 0 Å². The number of aromatic nitrogens is 1. The van der Waals surface area contributed by atoms with Crippen LogP contribution in [0.25, 0.3) is 49.7 Å². The molecule has 212 valence electrons. The Hall–Kier alpha value is -6.25. The Labute approximate surface area is 259 Å². The van der Waals surface area contributed by atoms with Gasteiger partial charge in [0, 0.05) is 16.3 Å². The van der Waals surface area contributed by atoms with E-state index in [1.165, 1.54) is 4.90 Å². The molecule has 0 aliphatic carbocycles. The number of nitriles is 1. The molecule has 2 heterocycles. The highest BCUT2D eigenvalue weighted by atomic mass is 16.2. The Bertz CT molecular complexity index is 2400. The Kier molecular flexibility index (Phi) is 5.97. The van der Waals surface area contributed by atoms with Gasteiger partial charge in [0.15, 0.2) is 0 Å². The number of carbonyl (C=O) groups excluding carboxylic acids is 2. The number of hydrogen-bond acceptors (Lipinski definition) is 3. The van der Waals surface area contributed by atoms with Gasteiger partial charge in [-0.1, -0.05) is 97.1 Å². The van der Waals surface area contributed by atoms with Crippen LogP contribution in [0.15, 0.2) is 133 Å². The standard InChI is InChI=1S/C40H25N3O2/c1-25-21-22-27(23-28(25)24-41)30-15-9-19-35-37(30)31-14-6-8-18-34(31)42(35)36-20-10-16-32-38(36)40(45)43(39(32)44)33-17-7-5-13-29(33)26-11-3-2-4-12-26/h2-23H,1H3. The summed E-state index contributed by atoms with van der Waals surface area (Å²) in [5.74, 6) is -0.696. The first-order valence-electron chi connectivity index (χ1n) is 14.8. The van der Waals surface area contributed by atoms with Gasteiger partial charge in [-0.05, 0) is 65.6 Å². The van der Waals surface area contributed by atoms with Gasteiger partial charge in [-0.25, -0.2) is 4.90 Å². The number of fused-ring (bicyclic) bond motifs is 4. The molecule has 0 unspecified atom stereocenters. The van der Waals surface area contributed by atoms with E-state index in [0.29, 0.717) is 28.1 Å². The molecule has 0 radical (unpaired) electrons. The molecule has 5 nitrogen and oxygen atoms in total. The Morgan fingerprint density at radius 2 is 1.24 bits per heavy atom. The SMILES string of the molecule is Cc1ccc(-c2cccc3c2c2ccccc2n3-c2cccc3c2C(=O)N(c2ccccc2-c2ccccc2)C3=O)cc1C#N. The van der Waals surface area contributed by atoms with E-state index in [9.17, 15) is 14.9 Å². The van der Waals surface area contributed by atoms with Gasteiger partial charge < -0.3 is 4.57 Å². The van der Waals surface area contributed by atoms with Gasteiger partial charge in [0.2, 0.25) is 0 Å². The summed E-state index contributed by atoms with van der Waals surface area (Å²) in [6.45, 7) is 1.94. The molecule has 2 amide bonds. The first-order chi connectivity index (χ1) is 22.1. The van der Waals surface area contributed by atoms with Crippen LogP contribution in [-0.2, 0) is 0 Å². The average Bonchev–Trinajstić information content (AvgIpc) is 3.56. The molecule has 5 heteroatoms. The maximum Gasteiger partial charge on any atom is 0.268 e. The minimum atomic E-state index is -0.353. The Balaban J connectivity index is 1.36. The van der Waals surface area contributed by atoms with Gasteiger partial charge in [-0.2, -0.15) is 5.26 Å². The fourth-order valence-electron chi connectivity index (χ4n) is 6.63. The van der Waals surface area contributed by atoms with Crippen LogP contribution in [-0.4, -0.2) is 16.4 Å². The van der Waals surface area contributed by atoms with Crippen molar-refractivity contribution in [3.8, 4) is 34.0 Å². The molecule has 1 aromatic heterocycles. The molecular weight excluding hydrogens is 554 g/mol. The van der Waals surface area contributed by atoms with Crippen LogP contribution in [0.4, 0.5) is 5.69 Å². The number of anilines is 1. The van der Waals surface area contributed by atoms with E-state index in [4.69, 9.17) is 0 Å². The van der Waals surface area contributed by atoms with E-state index in [2.05, 4.69) is 22.8 Å². The normalized spacial score (nSPS) is 12.6. The number of benzene rings is 6. The zero-order valence-electron chi connectivity index (χ0n) is 24.4. The number of imide groups is 1. The Morgan fingerprint density at radius 3 is 2.09 bits per heavy atom. The summed E-state index contributed by atoms with van der Waals surface area (Å²) in [5, 5.41) is 11.8. The predicted octanol–water partition coefficient (Wildman–Crippen LogP) is 9.10. The molecule has 1 aliphatic rings. The van der Waals surface area contributed by atoms with Gasteiger partial charge in [0.25, 0.3) is 11.8 Å². The monoisotopic (exact) mass is 579 g/mol. The van der Waals surface area contributed by atoms with Crippen molar-refractivity contribution < 1.29 is 9.59 Å². The fraction of sp³-hybridized carbons (Fsp3) is 0.0250. The molecule has 0 atom stereocenters. The second-order valence-electron chi connectivity index (χ2n) is 11.2. The second-order valence-corrected chi connectivity index (χ2v) is 11.2. The smallest absolute Gasteiger partial charge is 0.268 e. The van der Waals surface area contributed by atoms with Crippen molar-refractivity contribution in [2.45, 2.75) is 6.92 Å². The third-order valence-electron chi connectivity index (χ3n) is 8.73. The van der Waals surface area contributed by atoms with Crippen molar-refractivity contribution in [2.75, 3.05) is 4.90 Å². The first kappa shape index (κ1) is 26.4. The molecule has 0 N–H and O–H groups in total. The van der Waals surface area contributed by atoms with Crippen LogP contribution in [0.5, 0.6) is 0 Å². The molecule has 0 saturated heterocycles. The lowest BCUT2D eigenvalue weighted by Crippen LogP contribution is -2.30. The summed E-state index contributed by atoms with van der Waals surface area (Å²) >= 11 is 0. The number of aryl methyl sites for hydroxylation is 1. The minimum Gasteiger partial charge on any atom is -0.308 e. The highest BCUT2D eigenvalue weighted by Crippen LogP contribution is 2.42. The van der Waals surface area contributed by atoms with Crippen LogP contribution in [0.1, 0.15) is 31.8 Å². The zero-order valence-corrected chi connectivity index (χ0v) is 24.4. The number of nitrogens with zero attached hydrogens (tertiary/aromatic N) is 3. The van der Waals surface area contributed by atoms with E-state index >= 15 is 0 Å². The highest BCUT2D eigenvalue weighted by molar-refractivity contribution is 6.36. The van der Waals surface area contributed by atoms with Crippen molar-refractivity contribution in [2.24, 2.45) is 0 Å². The predicted molar refractivity (Wildman–Crippen MR) is 179 cm³/mol. The van der Waals surface area contributed by atoms with E-state index in [1.54, 1.807) is 6.07 Å². The summed E-state index contributed by atoms with van der Waals surface area (Å²) in [5.41, 5.74) is 9.02. The lowest BCUT2D eigenvalue weighted by molar-refractivity contribution is 0.0926. The molecular formula is C40H25N3O2. The van der Waals surface area contributed by atoms with Crippen LogP contribution in [0.2, 0.25) is 0 Å². The summed E-state index contributed by atoms with van der Waals surface area (Å²) in [7, 11) is 0. The maximum atomic E-state index is 14.4. The molecule has 7 aromatic rings. The lowest BCUT2D eigenvalue weighted by atomic mass is 9.96. The van der Waals surface area contributed by atoms with E-state index in [0.717, 1.165) is 49.6 Å². The van der Waals surface area contributed by atoms with Gasteiger partial charge in [-0.3, -0.25) is 9.59 Å². The van der Waals surface area contributed by atoms with Gasteiger partial charge in [0.1, 0.15) is 0 Å². The van der Waals surface area contributed by atoms with Crippen LogP contribution in [0.3, 0.4) is 0 Å². The number of para-hydroxylation sites is 2. The van der Waals surface area contributed by atoms with Crippen LogP contribution >= 0.6 is 0 Å². The van der Waals surface area contributed by atoms with Crippen LogP contribution in [0, 0.1) is 18.3 Å². The van der Waals surface area contributed by atoms with Gasteiger partial charge in [0.05, 0.1) is 45.2 Å². The molecule has 1 aliphatic heterocycles. The summed E-state index contributed by atoms with van der Waals surface area (Å²) < 4.78 is 2.09. The average molecular weight is 580 g/mol. The molecule has 6 aromatic carbocycles. The molecule has 8 rings (SSSR count). The summed E-state index contributed by atoms with van der Waals surface area (Å²) in [6.07, 6.45) is 0. The molecule has 0 spiro atoms. The van der Waals surface area contributed by atoms with Crippen molar-refractivity contribution in [1.29, 1.82) is 5.26 Å². The number of amides is 2. The lowest BCUT2D eigenvalue weighted by Gasteiger charge is -2.18. The van der Waals surface area contributed by atoms with Gasteiger partial charge >= 0.3 is 0 Å². The quantitative estimate of drug-likeness (QED) is 0.195. The van der Waals surface area contributed by atoms with Crippen molar-refractivity contribution >= 4 is 39.3 Å². The third kappa shape index (κ3) is 3.93. The van der Waals surface area contributed by atoms with Crippen molar-refractivity contribution in [1.82, 2.24) is 4.57 Å². The highest BCUT2D eigenvalue weighted by Gasteiger charge is 2.40. The first-order valence-corrected chi connectivity index (χ1v) is 14.8. The molecule has 0 bridgehead atoms. The van der Waals surface area contributed by atoms with E-state index in [-0.39, 0.29) is 11.8 Å². The maximum absolute atomic E-state index is 14.4. The number of carbonyl (C=O) groups is 2.